The summed E-state index contributed by atoms with van der Waals surface area (Å²) in [6.07, 6.45) is 1.74. The van der Waals surface area contributed by atoms with E-state index in [9.17, 15) is 4.79 Å². The number of anilines is 2. The number of hydrogen-bond donors (Lipinski definition) is 0. The number of aryl methyl sites for hydroxylation is 1. The number of ether oxygens (including phenoxy) is 2. The van der Waals surface area contributed by atoms with Crippen molar-refractivity contribution in [2.24, 2.45) is 0 Å². The number of fused-ring (bicyclic) bond motifs is 2. The molecule has 1 aliphatic rings. The molecule has 0 radical (unpaired) electrons. The van der Waals surface area contributed by atoms with Gasteiger partial charge in [0.25, 0.3) is 0 Å². The molecule has 224 valence electrons. The zero-order valence-corrected chi connectivity index (χ0v) is 25.7. The minimum absolute atomic E-state index is 0.406. The Morgan fingerprint density at radius 2 is 1.56 bits per heavy atom. The van der Waals surface area contributed by atoms with Gasteiger partial charge in [-0.2, -0.15) is 0 Å². The van der Waals surface area contributed by atoms with Gasteiger partial charge in [0.15, 0.2) is 0 Å². The maximum atomic E-state index is 13.8. The van der Waals surface area contributed by atoms with Crippen molar-refractivity contribution in [2.45, 2.75) is 32.9 Å². The molecular formula is C39H35N3O3. The number of para-hydroxylation sites is 2. The number of esters is 1. The van der Waals surface area contributed by atoms with E-state index in [1.807, 2.05) is 49.4 Å². The molecule has 2 aromatic heterocycles. The van der Waals surface area contributed by atoms with Gasteiger partial charge in [-0.3, -0.25) is 4.98 Å². The van der Waals surface area contributed by atoms with E-state index in [0.717, 1.165) is 57.8 Å². The normalized spacial score (nSPS) is 15.6. The molecule has 1 atom stereocenters. The van der Waals surface area contributed by atoms with Crippen LogP contribution in [0.1, 0.15) is 48.0 Å². The number of rotatable bonds is 9. The third kappa shape index (κ3) is 4.48. The van der Waals surface area contributed by atoms with Crippen LogP contribution in [-0.4, -0.2) is 28.7 Å². The number of benzene rings is 4. The molecule has 0 N–H and O–H groups in total. The number of cyclic esters (lactones) is 1. The topological polar surface area (TPSA) is 56.6 Å². The van der Waals surface area contributed by atoms with Crippen LogP contribution in [0, 0.1) is 0 Å². The number of pyridine rings is 1. The molecule has 6 aromatic rings. The molecule has 0 saturated heterocycles. The highest BCUT2D eigenvalue weighted by Gasteiger charge is 2.54. The number of carbonyl (C=O) groups is 1. The molecule has 4 aromatic carbocycles. The Hall–Kier alpha value is -5.36. The maximum Gasteiger partial charge on any atom is 0.341 e. The predicted octanol–water partition coefficient (Wildman–Crippen LogP) is 8.74. The molecule has 1 aliphatic heterocycles. The average Bonchev–Trinajstić information content (AvgIpc) is 3.59. The zero-order valence-electron chi connectivity index (χ0n) is 25.7. The first kappa shape index (κ1) is 28.4. The molecule has 45 heavy (non-hydrogen) atoms. The van der Waals surface area contributed by atoms with Crippen molar-refractivity contribution in [2.75, 3.05) is 18.1 Å². The van der Waals surface area contributed by atoms with E-state index in [2.05, 4.69) is 84.0 Å². The summed E-state index contributed by atoms with van der Waals surface area (Å²) in [7, 11) is 0. The molecule has 3 heterocycles. The molecular weight excluding hydrogens is 558 g/mol. The second-order valence-electron chi connectivity index (χ2n) is 11.0. The summed E-state index contributed by atoms with van der Waals surface area (Å²) in [6, 6.07) is 38.7. The summed E-state index contributed by atoms with van der Waals surface area (Å²) in [4.78, 5) is 21.0. The van der Waals surface area contributed by atoms with E-state index in [1.165, 1.54) is 0 Å². The zero-order chi connectivity index (χ0) is 31.0. The lowest BCUT2D eigenvalue weighted by molar-refractivity contribution is 0.0241. The highest BCUT2D eigenvalue weighted by molar-refractivity contribution is 6.00. The average molecular weight is 594 g/mol. The first-order valence-electron chi connectivity index (χ1n) is 15.6. The van der Waals surface area contributed by atoms with E-state index in [1.54, 1.807) is 18.3 Å². The number of hydrogen-bond acceptors (Lipinski definition) is 5. The molecule has 0 spiro atoms. The Morgan fingerprint density at radius 1 is 0.822 bits per heavy atom. The van der Waals surface area contributed by atoms with Crippen molar-refractivity contribution in [1.29, 1.82) is 0 Å². The smallest absolute Gasteiger partial charge is 0.341 e. The second-order valence-corrected chi connectivity index (χ2v) is 11.0. The van der Waals surface area contributed by atoms with Gasteiger partial charge in [-0.1, -0.05) is 66.7 Å². The number of carbonyl (C=O) groups excluding carboxylic acids is 1. The summed E-state index contributed by atoms with van der Waals surface area (Å²) in [5.74, 6) is 0.236. The Balaban J connectivity index is 1.59. The quantitative estimate of drug-likeness (QED) is 0.157. The molecule has 6 heteroatoms. The second kappa shape index (κ2) is 11.6. The van der Waals surface area contributed by atoms with Crippen LogP contribution < -0.4 is 9.64 Å². The van der Waals surface area contributed by atoms with Gasteiger partial charge in [0.1, 0.15) is 11.4 Å². The summed E-state index contributed by atoms with van der Waals surface area (Å²) >= 11 is 0. The fourth-order valence-corrected chi connectivity index (χ4v) is 6.83. The highest BCUT2D eigenvalue weighted by atomic mass is 16.6. The van der Waals surface area contributed by atoms with E-state index in [4.69, 9.17) is 14.5 Å². The third-order valence-electron chi connectivity index (χ3n) is 8.63. The van der Waals surface area contributed by atoms with Gasteiger partial charge >= 0.3 is 5.97 Å². The van der Waals surface area contributed by atoms with Crippen molar-refractivity contribution in [3.05, 3.63) is 144 Å². The van der Waals surface area contributed by atoms with Gasteiger partial charge in [0.05, 0.1) is 17.9 Å². The minimum Gasteiger partial charge on any atom is -0.493 e. The lowest BCUT2D eigenvalue weighted by Crippen LogP contribution is -2.32. The van der Waals surface area contributed by atoms with E-state index in [-0.39, 0.29) is 0 Å². The van der Waals surface area contributed by atoms with Crippen molar-refractivity contribution in [3.63, 3.8) is 0 Å². The summed E-state index contributed by atoms with van der Waals surface area (Å²) in [6.45, 7) is 8.18. The van der Waals surface area contributed by atoms with Crippen LogP contribution in [0.5, 0.6) is 5.75 Å². The van der Waals surface area contributed by atoms with Gasteiger partial charge in [0.2, 0.25) is 5.60 Å². The lowest BCUT2D eigenvalue weighted by atomic mass is 9.79. The van der Waals surface area contributed by atoms with E-state index >= 15 is 0 Å². The third-order valence-corrected chi connectivity index (χ3v) is 8.63. The van der Waals surface area contributed by atoms with Crippen LogP contribution in [0.4, 0.5) is 11.4 Å². The summed E-state index contributed by atoms with van der Waals surface area (Å²) in [5.41, 5.74) is 6.40. The molecule has 1 unspecified atom stereocenters. The first-order valence-corrected chi connectivity index (χ1v) is 15.6. The van der Waals surface area contributed by atoms with Crippen molar-refractivity contribution >= 4 is 28.2 Å². The van der Waals surface area contributed by atoms with E-state index < -0.39 is 11.6 Å². The Bertz CT molecular complexity index is 2000. The van der Waals surface area contributed by atoms with Crippen LogP contribution in [0.25, 0.3) is 22.2 Å². The summed E-state index contributed by atoms with van der Waals surface area (Å²) < 4.78 is 15.5. The minimum atomic E-state index is -1.37. The van der Waals surface area contributed by atoms with Crippen molar-refractivity contribution in [3.8, 4) is 17.0 Å². The molecule has 6 nitrogen and oxygen atoms in total. The number of nitrogens with zero attached hydrogens (tertiary/aromatic N) is 3. The fraction of sp³-hybridized carbons (Fsp3) is 0.179. The largest absolute Gasteiger partial charge is 0.493 e. The molecule has 0 bridgehead atoms. The van der Waals surface area contributed by atoms with Gasteiger partial charge in [-0.25, -0.2) is 4.79 Å². The molecule has 0 amide bonds. The first-order chi connectivity index (χ1) is 22.1. The lowest BCUT2D eigenvalue weighted by Gasteiger charge is -2.33. The van der Waals surface area contributed by atoms with Crippen LogP contribution in [0.2, 0.25) is 0 Å². The number of aromatic nitrogens is 2. The predicted molar refractivity (Wildman–Crippen MR) is 179 cm³/mol. The Labute approximate surface area is 263 Å². The molecule has 7 rings (SSSR count). The fourth-order valence-electron chi connectivity index (χ4n) is 6.83. The van der Waals surface area contributed by atoms with Crippen molar-refractivity contribution < 1.29 is 14.3 Å². The Kier molecular flexibility index (Phi) is 7.34. The van der Waals surface area contributed by atoms with Crippen LogP contribution in [0.3, 0.4) is 0 Å². The maximum absolute atomic E-state index is 13.8. The monoisotopic (exact) mass is 593 g/mol. The van der Waals surface area contributed by atoms with Gasteiger partial charge in [0, 0.05) is 58.8 Å². The molecule has 0 saturated carbocycles. The van der Waals surface area contributed by atoms with Crippen LogP contribution >= 0.6 is 0 Å². The van der Waals surface area contributed by atoms with Gasteiger partial charge < -0.3 is 18.9 Å². The molecule has 0 aliphatic carbocycles. The van der Waals surface area contributed by atoms with Gasteiger partial charge in [-0.05, 0) is 68.8 Å². The Morgan fingerprint density at radius 3 is 2.29 bits per heavy atom. The van der Waals surface area contributed by atoms with E-state index in [0.29, 0.717) is 23.6 Å². The standard InChI is InChI=1S/C39H35N3O3/c1-4-41(28-18-11-8-12-19-28)29-23-24-32(34(26-29)44-6-3)39(37-31(38(43)45-39)21-15-25-40-37)35-30-20-13-14-22-33(30)42(5-2)36(35)27-16-9-7-10-17-27/h7-26H,4-6H2,1-3H3. The SMILES string of the molecule is CCOc1cc(N(CC)c2ccccc2)ccc1C1(c2c(-c3ccccc3)n(CC)c3ccccc23)OC(=O)c2cccnc21. The van der Waals surface area contributed by atoms with Crippen molar-refractivity contribution in [1.82, 2.24) is 9.55 Å². The summed E-state index contributed by atoms with van der Waals surface area (Å²) in [5, 5.41) is 0.996. The molecule has 0 fully saturated rings. The van der Waals surface area contributed by atoms with Gasteiger partial charge in [-0.15, -0.1) is 0 Å². The van der Waals surface area contributed by atoms with Crippen LogP contribution in [0.15, 0.2) is 121 Å². The highest BCUT2D eigenvalue weighted by Crippen LogP contribution is 2.55. The van der Waals surface area contributed by atoms with Crippen LogP contribution in [-0.2, 0) is 16.9 Å².